The van der Waals surface area contributed by atoms with Gasteiger partial charge in [-0.15, -0.1) is 0 Å². The highest BCUT2D eigenvalue weighted by Crippen LogP contribution is 2.22. The number of imidazole rings is 1. The van der Waals surface area contributed by atoms with E-state index in [1.807, 2.05) is 0 Å². The van der Waals surface area contributed by atoms with Crippen molar-refractivity contribution in [3.05, 3.63) is 18.2 Å². The molecule has 2 heterocycles. The normalized spacial score (nSPS) is 15.7. The molecule has 1 aliphatic heterocycles. The van der Waals surface area contributed by atoms with Gasteiger partial charge in [0.15, 0.2) is 11.9 Å². The second kappa shape index (κ2) is 45.0. The number of H-pyrrole nitrogens is 1. The molecular formula is C62H108N22O16. The summed E-state index contributed by atoms with van der Waals surface area (Å²) in [5.74, 6) is -14.9. The van der Waals surface area contributed by atoms with Crippen LogP contribution >= 0.6 is 0 Å². The quantitative estimate of drug-likeness (QED) is 0.0125. The number of rotatable bonds is 47. The number of unbranched alkanes of at least 4 members (excludes halogenated alkanes) is 1. The Balaban J connectivity index is 2.43. The second-order valence-corrected chi connectivity index (χ2v) is 25.6. The smallest absolute Gasteiger partial charge is 0.326 e. The van der Waals surface area contributed by atoms with Crippen LogP contribution in [0.2, 0.25) is 0 Å². The summed E-state index contributed by atoms with van der Waals surface area (Å²) in [5, 5.41) is 47.6. The van der Waals surface area contributed by atoms with Gasteiger partial charge >= 0.3 is 11.9 Å². The first-order valence-electron chi connectivity index (χ1n) is 33.6. The molecule has 0 aliphatic carbocycles. The molecule has 100 heavy (non-hydrogen) atoms. The third-order valence-corrected chi connectivity index (χ3v) is 16.1. The van der Waals surface area contributed by atoms with Gasteiger partial charge in [-0.1, -0.05) is 61.8 Å². The number of hydrogen-bond acceptors (Lipinski definition) is 19. The van der Waals surface area contributed by atoms with E-state index >= 15 is 0 Å². The maximum absolute atomic E-state index is 14.7. The standard InChI is InChI=1S/C62H108N22O16/c1-9-35(8)50(83-54(93)38(17-13-23-71-62(67)68)76-45(86)29-72-51(90)37(75-44(85)27-64)16-12-22-70-61(65)66)58(97)79-41(25-32(2)3)55(94)77-39(15-10-11-21-63)53(92)78-40(19-20-47(88)89)59(98)84-24-14-18-43(84)56(95)82-48(33(4)5)57(96)80-42(26-36-28-69-31-74-36)52(91)73-30-46(87)81-49(34(6)7)60(99)100/h28,31-35,37-43,48-50H,9-27,29-30,63-64H2,1-8H3,(H,69,74)(H,72,90)(H,73,91)(H,75,85)(H,76,86)(H,77,94)(H,78,92)(H,79,97)(H,80,96)(H,81,87)(H,82,95)(H,83,93)(H,88,89)(H,99,100)(H4,65,66,70)(H4,67,68,71)/t35-,37-,38-,39-,40-,41-,42-,43-,48-,49-,50-/m0/s1/i64+1. The first-order chi connectivity index (χ1) is 47.1. The molecular weight excluding hydrogens is 1310 g/mol. The van der Waals surface area contributed by atoms with E-state index in [9.17, 15) is 77.3 Å². The summed E-state index contributed by atoms with van der Waals surface area (Å²) in [4.78, 5) is 206. The average Bonchev–Trinajstić information content (AvgIpc) is 1.52. The highest BCUT2D eigenvalue weighted by molar-refractivity contribution is 5.99. The molecule has 1 saturated heterocycles. The van der Waals surface area contributed by atoms with Gasteiger partial charge in [0.25, 0.3) is 0 Å². The number of nitrogens with zero attached hydrogens (tertiary/aromatic N) is 4. The SMILES string of the molecule is CC[C@H](C)[C@H](NC(=O)[C@H](CCCN=C(N)N)NC(=O)CNC(=O)[C@H](CCCN=C(N)N)NC(=O)C[15NH2])C(=O)N[C@@H](CC(C)C)C(=O)N[C@@H](CCCCN)C(=O)N[C@@H](CCC(=O)O)C(=O)N1CCC[C@H]1C(=O)N[C@H](C(=O)N[C@@H](Cc1cnc[nH]1)C(=O)NCC(=O)N[C@H](C(=O)O)C(C)C)C(C)C. The first kappa shape index (κ1) is 86.3. The molecule has 0 aromatic carbocycles. The molecule has 0 spiro atoms. The van der Waals surface area contributed by atoms with Gasteiger partial charge in [-0.2, -0.15) is 0 Å². The van der Waals surface area contributed by atoms with Crippen LogP contribution in [0, 0.1) is 23.7 Å². The van der Waals surface area contributed by atoms with Gasteiger partial charge in [0.2, 0.25) is 70.9 Å². The van der Waals surface area contributed by atoms with Gasteiger partial charge in [0, 0.05) is 44.4 Å². The van der Waals surface area contributed by atoms with E-state index in [1.165, 1.54) is 12.5 Å². The Hall–Kier alpha value is -9.75. The molecule has 1 fully saturated rings. The van der Waals surface area contributed by atoms with E-state index in [1.54, 1.807) is 55.4 Å². The lowest BCUT2D eigenvalue weighted by Gasteiger charge is -2.32. The number of aromatic amines is 1. The number of nitrogens with two attached hydrogens (primary N) is 6. The summed E-state index contributed by atoms with van der Waals surface area (Å²) >= 11 is 0. The van der Waals surface area contributed by atoms with Crippen molar-refractivity contribution in [2.75, 3.05) is 45.8 Å². The third kappa shape index (κ3) is 31.8. The lowest BCUT2D eigenvalue weighted by molar-refractivity contribution is -0.144. The Kier molecular flexibility index (Phi) is 38.9. The molecule has 11 atom stereocenters. The first-order valence-corrected chi connectivity index (χ1v) is 33.6. The number of aliphatic carboxylic acids is 2. The van der Waals surface area contributed by atoms with Gasteiger partial charge in [0.1, 0.15) is 60.4 Å². The highest BCUT2D eigenvalue weighted by atomic mass is 16.4. The molecule has 0 bridgehead atoms. The summed E-state index contributed by atoms with van der Waals surface area (Å²) in [5.41, 5.74) is 33.5. The molecule has 38 heteroatoms. The summed E-state index contributed by atoms with van der Waals surface area (Å²) < 4.78 is 0. The molecule has 1 aliphatic rings. The molecule has 0 saturated carbocycles. The zero-order chi connectivity index (χ0) is 75.3. The minimum atomic E-state index is -1.59. The molecule has 0 unspecified atom stereocenters. The Labute approximate surface area is 581 Å². The number of nitrogens with one attached hydrogen (secondary N) is 12. The number of hydrogen-bond donors (Lipinski definition) is 20. The van der Waals surface area contributed by atoms with Crippen molar-refractivity contribution in [2.45, 2.75) is 206 Å². The van der Waals surface area contributed by atoms with Gasteiger partial charge in [-0.25, -0.2) is 9.78 Å². The predicted octanol–water partition coefficient (Wildman–Crippen LogP) is -5.91. The van der Waals surface area contributed by atoms with Crippen LogP contribution in [0.1, 0.15) is 145 Å². The Morgan fingerprint density at radius 1 is 0.570 bits per heavy atom. The van der Waals surface area contributed by atoms with Gasteiger partial charge in [0.05, 0.1) is 26.0 Å². The third-order valence-electron chi connectivity index (χ3n) is 16.1. The number of likely N-dealkylation sites (tertiary alicyclic amines) is 1. The van der Waals surface area contributed by atoms with Crippen molar-refractivity contribution in [2.24, 2.45) is 68.1 Å². The van der Waals surface area contributed by atoms with Crippen LogP contribution in [0.4, 0.5) is 0 Å². The van der Waals surface area contributed by atoms with E-state index in [4.69, 9.17) is 34.4 Å². The van der Waals surface area contributed by atoms with Crippen LogP contribution in [0.25, 0.3) is 0 Å². The summed E-state index contributed by atoms with van der Waals surface area (Å²) in [6, 6.07) is -13.4. The number of carbonyl (C=O) groups is 14. The summed E-state index contributed by atoms with van der Waals surface area (Å²) in [7, 11) is 0. The lowest BCUT2D eigenvalue weighted by Crippen LogP contribution is -2.61. The van der Waals surface area contributed by atoms with Crippen LogP contribution in [0.3, 0.4) is 0 Å². The zero-order valence-electron chi connectivity index (χ0n) is 58.4. The fourth-order valence-corrected chi connectivity index (χ4v) is 10.5. The molecule has 12 amide bonds. The van der Waals surface area contributed by atoms with E-state index < -0.39 is 193 Å². The Morgan fingerprint density at radius 2 is 1.07 bits per heavy atom. The van der Waals surface area contributed by atoms with E-state index in [0.29, 0.717) is 18.5 Å². The van der Waals surface area contributed by atoms with Crippen LogP contribution in [-0.4, -0.2) is 226 Å². The average molecular weight is 1420 g/mol. The number of aliphatic imine (C=N–C) groups is 2. The monoisotopic (exact) mass is 1420 g/mol. The molecule has 2 rings (SSSR count). The molecule has 38 nitrogen and oxygen atoms in total. The van der Waals surface area contributed by atoms with Crippen molar-refractivity contribution in [3.63, 3.8) is 0 Å². The number of carbonyl (C=O) groups excluding carboxylic acids is 12. The maximum Gasteiger partial charge on any atom is 0.326 e. The van der Waals surface area contributed by atoms with Crippen LogP contribution < -0.4 is 92.9 Å². The number of amides is 12. The minimum Gasteiger partial charge on any atom is -0.481 e. The van der Waals surface area contributed by atoms with Gasteiger partial charge < -0.3 is 113 Å². The topological polar surface area (TPSA) is 625 Å². The number of aromatic nitrogens is 2. The summed E-state index contributed by atoms with van der Waals surface area (Å²) in [6.45, 7) is 11.9. The summed E-state index contributed by atoms with van der Waals surface area (Å²) in [6.07, 6.45) is 3.05. The second-order valence-electron chi connectivity index (χ2n) is 25.6. The minimum absolute atomic E-state index is 0.00662. The number of guanidine groups is 2. The van der Waals surface area contributed by atoms with Crippen molar-refractivity contribution in [1.29, 1.82) is 0 Å². The van der Waals surface area contributed by atoms with Crippen LogP contribution in [0.5, 0.6) is 0 Å². The Bertz CT molecular complexity index is 2960. The molecule has 1 aromatic rings. The molecule has 562 valence electrons. The largest absolute Gasteiger partial charge is 0.481 e. The van der Waals surface area contributed by atoms with E-state index in [-0.39, 0.29) is 108 Å². The fourth-order valence-electron chi connectivity index (χ4n) is 10.5. The fraction of sp³-hybridized carbons (Fsp3) is 0.694. The van der Waals surface area contributed by atoms with Crippen molar-refractivity contribution in [1.82, 2.24) is 73.4 Å². The molecule has 26 N–H and O–H groups in total. The maximum atomic E-state index is 14.7. The molecule has 0 radical (unpaired) electrons. The predicted molar refractivity (Wildman–Crippen MR) is 365 cm³/mol. The van der Waals surface area contributed by atoms with Gasteiger partial charge in [-0.05, 0) is 101 Å². The van der Waals surface area contributed by atoms with Crippen molar-refractivity contribution >= 4 is 94.7 Å². The number of carboxylic acid groups (broad SMARTS) is 2. The van der Waals surface area contributed by atoms with Crippen LogP contribution in [-0.2, 0) is 73.5 Å². The lowest BCUT2D eigenvalue weighted by atomic mass is 9.96. The van der Waals surface area contributed by atoms with Crippen LogP contribution in [0.15, 0.2) is 22.5 Å². The Morgan fingerprint density at radius 3 is 1.59 bits per heavy atom. The van der Waals surface area contributed by atoms with Crippen molar-refractivity contribution < 1.29 is 77.3 Å². The van der Waals surface area contributed by atoms with E-state index in [0.717, 1.165) is 4.90 Å². The van der Waals surface area contributed by atoms with E-state index in [2.05, 4.69) is 78.4 Å². The zero-order valence-corrected chi connectivity index (χ0v) is 58.4. The highest BCUT2D eigenvalue weighted by Gasteiger charge is 2.42. The molecule has 1 aromatic heterocycles. The van der Waals surface area contributed by atoms with Gasteiger partial charge in [-0.3, -0.25) is 72.3 Å². The van der Waals surface area contributed by atoms with Crippen molar-refractivity contribution in [3.8, 4) is 0 Å². The number of carboxylic acids is 2.